The molecule has 0 aromatic rings. The molecule has 0 N–H and O–H groups in total. The van der Waals surface area contributed by atoms with Crippen molar-refractivity contribution in [2.24, 2.45) is 5.92 Å². The van der Waals surface area contributed by atoms with Gasteiger partial charge in [0.15, 0.2) is 0 Å². The predicted octanol–water partition coefficient (Wildman–Crippen LogP) is 1.07. The predicted molar refractivity (Wildman–Crippen MR) is 71.0 cm³/mol. The zero-order valence-electron chi connectivity index (χ0n) is 11.8. The smallest absolute Gasteiger partial charge is 0.307 e. The summed E-state index contributed by atoms with van der Waals surface area (Å²) in [6, 6.07) is 0.284. The largest absolute Gasteiger partial charge is 0.466 e. The Morgan fingerprint density at radius 2 is 1.84 bits per heavy atom. The zero-order valence-corrected chi connectivity index (χ0v) is 11.8. The maximum Gasteiger partial charge on any atom is 0.307 e. The molecule has 2 rings (SSSR count). The summed E-state index contributed by atoms with van der Waals surface area (Å²) in [6.07, 6.45) is 2.58. The third kappa shape index (κ3) is 4.44. The fraction of sp³-hybridized carbons (Fsp3) is 0.929. The molecule has 0 aromatic carbocycles. The van der Waals surface area contributed by atoms with Crippen LogP contribution in [0.15, 0.2) is 0 Å². The van der Waals surface area contributed by atoms with Gasteiger partial charge in [-0.05, 0) is 25.7 Å². The van der Waals surface area contributed by atoms with Gasteiger partial charge in [0.1, 0.15) is 0 Å². The van der Waals surface area contributed by atoms with Crippen LogP contribution in [0.1, 0.15) is 26.2 Å². The number of nitrogens with zero attached hydrogens (tertiary/aromatic N) is 1. The van der Waals surface area contributed by atoms with Gasteiger partial charge in [-0.15, -0.1) is 0 Å². The molecular weight excluding hydrogens is 246 g/mol. The highest BCUT2D eigenvalue weighted by molar-refractivity contribution is 5.70. The van der Waals surface area contributed by atoms with Crippen LogP contribution in [-0.2, 0) is 19.0 Å². The quantitative estimate of drug-likeness (QED) is 0.700. The standard InChI is InChI=1S/C14H25NO4/c1-2-19-14(16)11-13(12-3-7-17-8-4-12)15-5-9-18-10-6-15/h12-13H,2-11H2,1H3. The van der Waals surface area contributed by atoms with E-state index in [0.717, 1.165) is 52.4 Å². The lowest BCUT2D eigenvalue weighted by atomic mass is 9.88. The van der Waals surface area contributed by atoms with E-state index in [4.69, 9.17) is 14.2 Å². The van der Waals surface area contributed by atoms with E-state index in [2.05, 4.69) is 4.90 Å². The van der Waals surface area contributed by atoms with Gasteiger partial charge in [0.2, 0.25) is 0 Å². The van der Waals surface area contributed by atoms with Crippen molar-refractivity contribution in [3.05, 3.63) is 0 Å². The topological polar surface area (TPSA) is 48.0 Å². The van der Waals surface area contributed by atoms with Gasteiger partial charge in [-0.25, -0.2) is 0 Å². The van der Waals surface area contributed by atoms with Crippen molar-refractivity contribution in [1.82, 2.24) is 4.90 Å². The van der Waals surface area contributed by atoms with Gasteiger partial charge in [0, 0.05) is 32.3 Å². The van der Waals surface area contributed by atoms with Gasteiger partial charge in [0.05, 0.1) is 26.2 Å². The summed E-state index contributed by atoms with van der Waals surface area (Å²) in [5, 5.41) is 0. The molecule has 2 heterocycles. The summed E-state index contributed by atoms with van der Waals surface area (Å²) in [5.41, 5.74) is 0. The lowest BCUT2D eigenvalue weighted by molar-refractivity contribution is -0.146. The van der Waals surface area contributed by atoms with Crippen LogP contribution in [0.25, 0.3) is 0 Å². The number of carbonyl (C=O) groups excluding carboxylic acids is 1. The summed E-state index contributed by atoms with van der Waals surface area (Å²) in [5.74, 6) is 0.460. The number of ether oxygens (including phenoxy) is 3. The van der Waals surface area contributed by atoms with Gasteiger partial charge in [0.25, 0.3) is 0 Å². The van der Waals surface area contributed by atoms with Crippen molar-refractivity contribution in [2.45, 2.75) is 32.2 Å². The van der Waals surface area contributed by atoms with Gasteiger partial charge in [-0.1, -0.05) is 0 Å². The van der Waals surface area contributed by atoms with Gasteiger partial charge in [-0.2, -0.15) is 0 Å². The molecule has 0 bridgehead atoms. The highest BCUT2D eigenvalue weighted by Gasteiger charge is 2.32. The van der Waals surface area contributed by atoms with E-state index in [1.54, 1.807) is 0 Å². The van der Waals surface area contributed by atoms with Gasteiger partial charge < -0.3 is 14.2 Å². The molecule has 5 heteroatoms. The Kier molecular flexibility index (Phi) is 6.07. The van der Waals surface area contributed by atoms with Crippen molar-refractivity contribution >= 4 is 5.97 Å². The second-order valence-corrected chi connectivity index (χ2v) is 5.17. The van der Waals surface area contributed by atoms with Crippen LogP contribution in [0.2, 0.25) is 0 Å². The molecule has 2 aliphatic heterocycles. The summed E-state index contributed by atoms with van der Waals surface area (Å²) in [4.78, 5) is 14.2. The summed E-state index contributed by atoms with van der Waals surface area (Å²) in [7, 11) is 0. The van der Waals surface area contributed by atoms with E-state index in [1.165, 1.54) is 0 Å². The average molecular weight is 271 g/mol. The Balaban J connectivity index is 1.96. The maximum atomic E-state index is 11.8. The third-order valence-electron chi connectivity index (χ3n) is 4.01. The first-order valence-electron chi connectivity index (χ1n) is 7.36. The van der Waals surface area contributed by atoms with Crippen LogP contribution >= 0.6 is 0 Å². The average Bonchev–Trinajstić information content (AvgIpc) is 2.47. The van der Waals surface area contributed by atoms with E-state index in [-0.39, 0.29) is 12.0 Å². The zero-order chi connectivity index (χ0) is 13.5. The Hall–Kier alpha value is -0.650. The molecule has 110 valence electrons. The molecule has 1 atom stereocenters. The van der Waals surface area contributed by atoms with Gasteiger partial charge in [-0.3, -0.25) is 9.69 Å². The van der Waals surface area contributed by atoms with Crippen LogP contribution in [0.4, 0.5) is 0 Å². The Labute approximate surface area is 115 Å². The fourth-order valence-corrected chi connectivity index (χ4v) is 2.99. The highest BCUT2D eigenvalue weighted by Crippen LogP contribution is 2.26. The van der Waals surface area contributed by atoms with Crippen LogP contribution in [0.3, 0.4) is 0 Å². The molecule has 5 nitrogen and oxygen atoms in total. The second-order valence-electron chi connectivity index (χ2n) is 5.17. The number of carbonyl (C=O) groups is 1. The first-order chi connectivity index (χ1) is 9.31. The van der Waals surface area contributed by atoms with Crippen LogP contribution in [-0.4, -0.2) is 63.0 Å². The molecule has 2 fully saturated rings. The number of morpholine rings is 1. The van der Waals surface area contributed by atoms with Crippen LogP contribution in [0, 0.1) is 5.92 Å². The normalized spacial score (nSPS) is 24.1. The van der Waals surface area contributed by atoms with E-state index in [1.807, 2.05) is 6.92 Å². The Bertz CT molecular complexity index is 255. The van der Waals surface area contributed by atoms with E-state index >= 15 is 0 Å². The van der Waals surface area contributed by atoms with E-state index in [9.17, 15) is 4.79 Å². The lowest BCUT2D eigenvalue weighted by Gasteiger charge is -2.40. The Morgan fingerprint density at radius 3 is 2.47 bits per heavy atom. The van der Waals surface area contributed by atoms with Crippen molar-refractivity contribution in [2.75, 3.05) is 46.1 Å². The molecule has 0 spiro atoms. The highest BCUT2D eigenvalue weighted by atomic mass is 16.5. The molecule has 0 aliphatic carbocycles. The summed E-state index contributed by atoms with van der Waals surface area (Å²) in [6.45, 7) is 7.31. The molecule has 0 radical (unpaired) electrons. The molecule has 2 aliphatic rings. The van der Waals surface area contributed by atoms with Crippen molar-refractivity contribution in [3.63, 3.8) is 0 Å². The van der Waals surface area contributed by atoms with E-state index < -0.39 is 0 Å². The molecule has 0 saturated carbocycles. The minimum Gasteiger partial charge on any atom is -0.466 e. The SMILES string of the molecule is CCOC(=O)CC(C1CCOCC1)N1CCOCC1. The van der Waals surface area contributed by atoms with Crippen molar-refractivity contribution < 1.29 is 19.0 Å². The number of hydrogen-bond donors (Lipinski definition) is 0. The van der Waals surface area contributed by atoms with Crippen LogP contribution < -0.4 is 0 Å². The molecule has 0 aromatic heterocycles. The van der Waals surface area contributed by atoms with E-state index in [0.29, 0.717) is 18.9 Å². The minimum atomic E-state index is -0.0783. The monoisotopic (exact) mass is 271 g/mol. The Morgan fingerprint density at radius 1 is 1.21 bits per heavy atom. The number of hydrogen-bond acceptors (Lipinski definition) is 5. The summed E-state index contributed by atoms with van der Waals surface area (Å²) < 4.78 is 16.0. The van der Waals surface area contributed by atoms with Crippen molar-refractivity contribution in [3.8, 4) is 0 Å². The van der Waals surface area contributed by atoms with Crippen molar-refractivity contribution in [1.29, 1.82) is 0 Å². The van der Waals surface area contributed by atoms with Crippen LogP contribution in [0.5, 0.6) is 0 Å². The molecular formula is C14H25NO4. The molecule has 0 amide bonds. The lowest BCUT2D eigenvalue weighted by Crippen LogP contribution is -2.49. The minimum absolute atomic E-state index is 0.0783. The second kappa shape index (κ2) is 7.82. The number of rotatable bonds is 5. The third-order valence-corrected chi connectivity index (χ3v) is 4.01. The maximum absolute atomic E-state index is 11.8. The number of esters is 1. The first-order valence-corrected chi connectivity index (χ1v) is 7.36. The first kappa shape index (κ1) is 14.8. The van der Waals surface area contributed by atoms with Gasteiger partial charge >= 0.3 is 5.97 Å². The molecule has 1 unspecified atom stereocenters. The summed E-state index contributed by atoms with van der Waals surface area (Å²) >= 11 is 0. The molecule has 2 saturated heterocycles. The molecule has 19 heavy (non-hydrogen) atoms. The fourth-order valence-electron chi connectivity index (χ4n) is 2.99.